The molecule has 0 saturated carbocycles. The lowest BCUT2D eigenvalue weighted by Crippen LogP contribution is -2.12. The highest BCUT2D eigenvalue weighted by molar-refractivity contribution is 7.19. The van der Waals surface area contributed by atoms with Crippen molar-refractivity contribution in [2.24, 2.45) is 0 Å². The summed E-state index contributed by atoms with van der Waals surface area (Å²) >= 11 is 7.62. The fraction of sp³-hybridized carbons (Fsp3) is 0.500. The second-order valence-corrected chi connectivity index (χ2v) is 5.48. The molecule has 0 aliphatic carbocycles. The van der Waals surface area contributed by atoms with Gasteiger partial charge >= 0.3 is 0 Å². The molecule has 0 N–H and O–H groups in total. The van der Waals surface area contributed by atoms with E-state index in [1.54, 1.807) is 11.3 Å². The van der Waals surface area contributed by atoms with E-state index in [0.29, 0.717) is 11.1 Å². The molecule has 0 fully saturated rings. The molecule has 0 aliphatic heterocycles. The number of aromatic nitrogens is 3. The van der Waals surface area contributed by atoms with Crippen LogP contribution in [0.1, 0.15) is 24.8 Å². The first-order valence-electron chi connectivity index (χ1n) is 5.00. The molecule has 0 aliphatic rings. The van der Waals surface area contributed by atoms with E-state index in [9.17, 15) is 0 Å². The SMILES string of the molecule is CC(C)c1nc2c(N(C)C)nnc(Cl)c2s1. The Morgan fingerprint density at radius 3 is 2.50 bits per heavy atom. The molecule has 0 atom stereocenters. The van der Waals surface area contributed by atoms with E-state index >= 15 is 0 Å². The van der Waals surface area contributed by atoms with Crippen molar-refractivity contribution in [3.63, 3.8) is 0 Å². The Morgan fingerprint density at radius 1 is 1.25 bits per heavy atom. The lowest BCUT2D eigenvalue weighted by molar-refractivity contribution is 0.855. The third-order valence-corrected chi connectivity index (χ3v) is 3.93. The highest BCUT2D eigenvalue weighted by Gasteiger charge is 2.16. The summed E-state index contributed by atoms with van der Waals surface area (Å²) in [5.74, 6) is 1.16. The van der Waals surface area contributed by atoms with Gasteiger partial charge in [0.15, 0.2) is 11.0 Å². The predicted molar refractivity (Wildman–Crippen MR) is 68.6 cm³/mol. The Hall–Kier alpha value is -0.940. The van der Waals surface area contributed by atoms with Crippen LogP contribution in [-0.4, -0.2) is 29.3 Å². The topological polar surface area (TPSA) is 41.9 Å². The van der Waals surface area contributed by atoms with Gasteiger partial charge in [0.1, 0.15) is 5.52 Å². The van der Waals surface area contributed by atoms with Gasteiger partial charge in [-0.1, -0.05) is 25.4 Å². The van der Waals surface area contributed by atoms with Gasteiger partial charge in [-0.05, 0) is 0 Å². The first-order valence-corrected chi connectivity index (χ1v) is 6.20. The molecule has 0 bridgehead atoms. The molecule has 2 rings (SSSR count). The van der Waals surface area contributed by atoms with Gasteiger partial charge in [0.05, 0.1) is 9.71 Å². The molecular formula is C10H13ClN4S. The average molecular weight is 257 g/mol. The fourth-order valence-electron chi connectivity index (χ4n) is 1.36. The van der Waals surface area contributed by atoms with Crippen molar-refractivity contribution in [3.8, 4) is 0 Å². The number of anilines is 1. The van der Waals surface area contributed by atoms with E-state index in [2.05, 4.69) is 29.0 Å². The average Bonchev–Trinajstić information content (AvgIpc) is 2.62. The van der Waals surface area contributed by atoms with Gasteiger partial charge in [0, 0.05) is 20.0 Å². The number of hydrogen-bond donors (Lipinski definition) is 0. The summed E-state index contributed by atoms with van der Waals surface area (Å²) in [6.45, 7) is 4.23. The maximum absolute atomic E-state index is 6.03. The second kappa shape index (κ2) is 4.14. The Labute approximate surface area is 103 Å². The van der Waals surface area contributed by atoms with E-state index in [0.717, 1.165) is 21.0 Å². The molecule has 4 nitrogen and oxygen atoms in total. The van der Waals surface area contributed by atoms with Crippen molar-refractivity contribution in [1.82, 2.24) is 15.2 Å². The molecule has 0 saturated heterocycles. The van der Waals surface area contributed by atoms with Crippen LogP contribution in [0.25, 0.3) is 10.2 Å². The number of rotatable bonds is 2. The standard InChI is InChI=1S/C10H13ClN4S/c1-5(2)10-12-6-7(16-10)8(11)13-14-9(6)15(3)4/h5H,1-4H3. The third-order valence-electron chi connectivity index (χ3n) is 2.19. The minimum Gasteiger partial charge on any atom is -0.359 e. The molecular weight excluding hydrogens is 244 g/mol. The van der Waals surface area contributed by atoms with Gasteiger partial charge in [-0.15, -0.1) is 21.5 Å². The lowest BCUT2D eigenvalue weighted by Gasteiger charge is -2.10. The monoisotopic (exact) mass is 256 g/mol. The van der Waals surface area contributed by atoms with Crippen molar-refractivity contribution in [1.29, 1.82) is 0 Å². The molecule has 0 radical (unpaired) electrons. The minimum absolute atomic E-state index is 0.392. The van der Waals surface area contributed by atoms with Crippen molar-refractivity contribution < 1.29 is 0 Å². The molecule has 0 unspecified atom stereocenters. The molecule has 0 amide bonds. The van der Waals surface area contributed by atoms with E-state index < -0.39 is 0 Å². The zero-order chi connectivity index (χ0) is 11.9. The summed E-state index contributed by atoms with van der Waals surface area (Å²) in [6.07, 6.45) is 0. The first kappa shape index (κ1) is 11.5. The molecule has 86 valence electrons. The summed E-state index contributed by atoms with van der Waals surface area (Å²) in [5, 5.41) is 9.51. The zero-order valence-corrected chi connectivity index (χ0v) is 11.2. The van der Waals surface area contributed by atoms with Crippen molar-refractivity contribution >= 4 is 39.0 Å². The number of hydrogen-bond acceptors (Lipinski definition) is 5. The van der Waals surface area contributed by atoms with Gasteiger partial charge in [-0.2, -0.15) is 0 Å². The number of halogens is 1. The second-order valence-electron chi connectivity index (χ2n) is 4.09. The number of nitrogens with zero attached hydrogens (tertiary/aromatic N) is 4. The summed E-state index contributed by atoms with van der Waals surface area (Å²) in [7, 11) is 3.84. The Morgan fingerprint density at radius 2 is 1.94 bits per heavy atom. The van der Waals surface area contributed by atoms with Crippen LogP contribution in [0.5, 0.6) is 0 Å². The first-order chi connectivity index (χ1) is 7.50. The smallest absolute Gasteiger partial charge is 0.178 e. The molecule has 2 heterocycles. The van der Waals surface area contributed by atoms with Crippen LogP contribution in [0.2, 0.25) is 5.15 Å². The Kier molecular flexibility index (Phi) is 2.99. The van der Waals surface area contributed by atoms with E-state index in [-0.39, 0.29) is 0 Å². The normalized spacial score (nSPS) is 11.4. The van der Waals surface area contributed by atoms with Crippen molar-refractivity contribution in [2.45, 2.75) is 19.8 Å². The van der Waals surface area contributed by atoms with E-state index in [1.165, 1.54) is 0 Å². The van der Waals surface area contributed by atoms with Gasteiger partial charge in [-0.3, -0.25) is 0 Å². The molecule has 0 spiro atoms. The predicted octanol–water partition coefficient (Wildman–Crippen LogP) is 2.93. The molecule has 0 aromatic carbocycles. The molecule has 2 aromatic rings. The summed E-state index contributed by atoms with van der Waals surface area (Å²) in [5.41, 5.74) is 0.846. The molecule has 2 aromatic heterocycles. The van der Waals surface area contributed by atoms with Crippen LogP contribution in [0.3, 0.4) is 0 Å². The van der Waals surface area contributed by atoms with Crippen molar-refractivity contribution in [3.05, 3.63) is 10.2 Å². The maximum atomic E-state index is 6.03. The summed E-state index contributed by atoms with van der Waals surface area (Å²) < 4.78 is 0.920. The number of fused-ring (bicyclic) bond motifs is 1. The van der Waals surface area contributed by atoms with Gasteiger partial charge < -0.3 is 4.90 Å². The van der Waals surface area contributed by atoms with Crippen LogP contribution in [0, 0.1) is 0 Å². The van der Waals surface area contributed by atoms with E-state index in [1.807, 2.05) is 19.0 Å². The van der Waals surface area contributed by atoms with Gasteiger partial charge in [0.2, 0.25) is 0 Å². The summed E-state index contributed by atoms with van der Waals surface area (Å²) in [6, 6.07) is 0. The maximum Gasteiger partial charge on any atom is 0.178 e. The van der Waals surface area contributed by atoms with Crippen LogP contribution in [-0.2, 0) is 0 Å². The van der Waals surface area contributed by atoms with Crippen LogP contribution >= 0.6 is 22.9 Å². The van der Waals surface area contributed by atoms with Gasteiger partial charge in [-0.25, -0.2) is 4.98 Å². The summed E-state index contributed by atoms with van der Waals surface area (Å²) in [4.78, 5) is 6.48. The van der Waals surface area contributed by atoms with Gasteiger partial charge in [0.25, 0.3) is 0 Å². The largest absolute Gasteiger partial charge is 0.359 e. The third kappa shape index (κ3) is 1.85. The Bertz CT molecular complexity index is 521. The molecule has 6 heteroatoms. The highest BCUT2D eigenvalue weighted by Crippen LogP contribution is 2.34. The molecule has 16 heavy (non-hydrogen) atoms. The van der Waals surface area contributed by atoms with E-state index in [4.69, 9.17) is 11.6 Å². The minimum atomic E-state index is 0.392. The van der Waals surface area contributed by atoms with Crippen molar-refractivity contribution in [2.75, 3.05) is 19.0 Å². The quantitative estimate of drug-likeness (QED) is 0.829. The van der Waals surface area contributed by atoms with Crippen LogP contribution in [0.15, 0.2) is 0 Å². The zero-order valence-electron chi connectivity index (χ0n) is 9.65. The lowest BCUT2D eigenvalue weighted by atomic mass is 10.2. The van der Waals surface area contributed by atoms with Crippen LogP contribution < -0.4 is 4.90 Å². The number of thiazole rings is 1. The fourth-order valence-corrected chi connectivity index (χ4v) is 2.54. The highest BCUT2D eigenvalue weighted by atomic mass is 35.5. The Balaban J connectivity index is 2.72. The van der Waals surface area contributed by atoms with Crippen LogP contribution in [0.4, 0.5) is 5.82 Å².